The highest BCUT2D eigenvalue weighted by Gasteiger charge is 2.22. The van der Waals surface area contributed by atoms with E-state index >= 15 is 0 Å². The third-order valence-corrected chi connectivity index (χ3v) is 4.25. The van der Waals surface area contributed by atoms with Gasteiger partial charge in [-0.2, -0.15) is 0 Å². The topological polar surface area (TPSA) is 63.4 Å². The molecule has 2 rings (SSSR count). The van der Waals surface area contributed by atoms with E-state index in [0.717, 1.165) is 37.9 Å². The van der Waals surface area contributed by atoms with Crippen LogP contribution in [0.1, 0.15) is 42.1 Å². The number of likely N-dealkylation sites (tertiary alicyclic amines) is 1. The van der Waals surface area contributed by atoms with Crippen molar-refractivity contribution in [1.29, 1.82) is 0 Å². The number of nitrogens with two attached hydrogens (primary N) is 1. The van der Waals surface area contributed by atoms with Gasteiger partial charge in [0.1, 0.15) is 0 Å². The number of carbonyl (C=O) groups excluding carboxylic acids is 2. The van der Waals surface area contributed by atoms with Crippen LogP contribution in [0.3, 0.4) is 0 Å². The number of carbonyl (C=O) groups is 2. The predicted octanol–water partition coefficient (Wildman–Crippen LogP) is 2.02. The van der Waals surface area contributed by atoms with E-state index in [9.17, 15) is 9.59 Å². The molecular weight excluding hydrogens is 264 g/mol. The predicted molar refractivity (Wildman–Crippen MR) is 83.1 cm³/mol. The van der Waals surface area contributed by atoms with E-state index in [-0.39, 0.29) is 11.7 Å². The van der Waals surface area contributed by atoms with Gasteiger partial charge >= 0.3 is 0 Å². The van der Waals surface area contributed by atoms with Crippen molar-refractivity contribution in [2.45, 2.75) is 32.6 Å². The van der Waals surface area contributed by atoms with Crippen LogP contribution in [0.25, 0.3) is 0 Å². The minimum Gasteiger partial charge on any atom is -0.370 e. The first kappa shape index (κ1) is 15.7. The maximum absolute atomic E-state index is 12.3. The smallest absolute Gasteiger partial charge is 0.217 e. The molecule has 1 saturated heterocycles. The Labute approximate surface area is 126 Å². The van der Waals surface area contributed by atoms with Crippen molar-refractivity contribution in [3.8, 4) is 0 Å². The number of aryl methyl sites for hydroxylation is 1. The average molecular weight is 288 g/mol. The van der Waals surface area contributed by atoms with Gasteiger partial charge in [-0.1, -0.05) is 31.2 Å². The van der Waals surface area contributed by atoms with E-state index in [1.54, 1.807) is 0 Å². The Bertz CT molecular complexity index is 488. The molecule has 4 nitrogen and oxygen atoms in total. The zero-order valence-corrected chi connectivity index (χ0v) is 12.7. The van der Waals surface area contributed by atoms with Crippen molar-refractivity contribution in [3.05, 3.63) is 35.4 Å². The van der Waals surface area contributed by atoms with E-state index in [1.165, 1.54) is 5.56 Å². The molecule has 1 heterocycles. The van der Waals surface area contributed by atoms with Crippen molar-refractivity contribution in [2.75, 3.05) is 19.6 Å². The third kappa shape index (κ3) is 4.67. The lowest BCUT2D eigenvalue weighted by Gasteiger charge is -2.30. The molecule has 114 valence electrons. The van der Waals surface area contributed by atoms with Gasteiger partial charge in [-0.05, 0) is 43.8 Å². The number of hydrogen-bond donors (Lipinski definition) is 1. The number of piperidine rings is 1. The van der Waals surface area contributed by atoms with Gasteiger partial charge in [0.15, 0.2) is 5.78 Å². The number of Topliss-reactive ketones (excluding diaryl/α,β-unsaturated/α-hetero) is 1. The van der Waals surface area contributed by atoms with E-state index in [0.29, 0.717) is 18.9 Å². The van der Waals surface area contributed by atoms with E-state index < -0.39 is 0 Å². The largest absolute Gasteiger partial charge is 0.370 e. The summed E-state index contributed by atoms with van der Waals surface area (Å²) in [7, 11) is 0. The molecule has 0 spiro atoms. The summed E-state index contributed by atoms with van der Waals surface area (Å²) < 4.78 is 0. The molecule has 1 aromatic carbocycles. The summed E-state index contributed by atoms with van der Waals surface area (Å²) in [5.74, 6) is 0.337. The second-order valence-electron chi connectivity index (χ2n) is 5.86. The second kappa shape index (κ2) is 7.36. The maximum Gasteiger partial charge on any atom is 0.217 e. The van der Waals surface area contributed by atoms with Crippen molar-refractivity contribution in [3.63, 3.8) is 0 Å². The van der Waals surface area contributed by atoms with Crippen LogP contribution in [0.2, 0.25) is 0 Å². The fourth-order valence-corrected chi connectivity index (χ4v) is 2.85. The lowest BCUT2D eigenvalue weighted by Crippen LogP contribution is -2.38. The highest BCUT2D eigenvalue weighted by Crippen LogP contribution is 2.20. The molecule has 1 fully saturated rings. The number of nitrogens with zero attached hydrogens (tertiary/aromatic N) is 1. The van der Waals surface area contributed by atoms with Gasteiger partial charge in [-0.15, -0.1) is 0 Å². The quantitative estimate of drug-likeness (QED) is 0.815. The summed E-state index contributed by atoms with van der Waals surface area (Å²) in [6.45, 7) is 4.31. The lowest BCUT2D eigenvalue weighted by atomic mass is 9.93. The molecule has 0 radical (unpaired) electrons. The first-order valence-electron chi connectivity index (χ1n) is 7.71. The first-order chi connectivity index (χ1) is 10.1. The molecular formula is C17H24N2O2. The Kier molecular flexibility index (Phi) is 5.51. The minimum atomic E-state index is -0.222. The monoisotopic (exact) mass is 288 g/mol. The van der Waals surface area contributed by atoms with E-state index in [4.69, 9.17) is 5.73 Å². The average Bonchev–Trinajstić information content (AvgIpc) is 2.49. The van der Waals surface area contributed by atoms with Gasteiger partial charge in [0.2, 0.25) is 5.91 Å². The summed E-state index contributed by atoms with van der Waals surface area (Å²) >= 11 is 0. The Hall–Kier alpha value is -1.68. The minimum absolute atomic E-state index is 0.172. The molecule has 0 unspecified atom stereocenters. The van der Waals surface area contributed by atoms with E-state index in [2.05, 4.69) is 11.8 Å². The summed E-state index contributed by atoms with van der Waals surface area (Å²) in [5.41, 5.74) is 7.26. The third-order valence-electron chi connectivity index (χ3n) is 4.25. The number of hydrogen-bond acceptors (Lipinski definition) is 3. The van der Waals surface area contributed by atoms with Crippen LogP contribution in [-0.4, -0.2) is 36.2 Å². The normalized spacial score (nSPS) is 16.8. The summed E-state index contributed by atoms with van der Waals surface area (Å²) in [6, 6.07) is 7.88. The number of rotatable bonds is 6. The summed E-state index contributed by atoms with van der Waals surface area (Å²) in [5, 5.41) is 0. The number of amides is 1. The lowest BCUT2D eigenvalue weighted by molar-refractivity contribution is -0.119. The van der Waals surface area contributed by atoms with Crippen LogP contribution in [0, 0.1) is 5.92 Å². The summed E-state index contributed by atoms with van der Waals surface area (Å²) in [6.07, 6.45) is 3.36. The summed E-state index contributed by atoms with van der Waals surface area (Å²) in [4.78, 5) is 25.3. The molecule has 21 heavy (non-hydrogen) atoms. The zero-order valence-electron chi connectivity index (χ0n) is 12.7. The fourth-order valence-electron chi connectivity index (χ4n) is 2.85. The van der Waals surface area contributed by atoms with Crippen molar-refractivity contribution < 1.29 is 9.59 Å². The first-order valence-corrected chi connectivity index (χ1v) is 7.71. The Balaban J connectivity index is 1.82. The molecule has 1 aromatic rings. The zero-order chi connectivity index (χ0) is 15.2. The number of benzene rings is 1. The molecule has 0 saturated carbocycles. The highest BCUT2D eigenvalue weighted by atomic mass is 16.1. The number of ketones is 1. The number of primary amides is 1. The van der Waals surface area contributed by atoms with Crippen LogP contribution in [0.4, 0.5) is 0 Å². The van der Waals surface area contributed by atoms with Crippen LogP contribution in [-0.2, 0) is 11.2 Å². The molecule has 0 aromatic heterocycles. The fraction of sp³-hybridized carbons (Fsp3) is 0.529. The highest BCUT2D eigenvalue weighted by molar-refractivity contribution is 5.97. The van der Waals surface area contributed by atoms with Gasteiger partial charge in [0, 0.05) is 12.0 Å². The SMILES string of the molecule is CCc1ccc(C(=O)CN2CCC(CC(N)=O)CC2)cc1. The van der Waals surface area contributed by atoms with E-state index in [1.807, 2.05) is 24.3 Å². The standard InChI is InChI=1S/C17H24N2O2/c1-2-13-3-5-15(6-4-13)16(20)12-19-9-7-14(8-10-19)11-17(18)21/h3-6,14H,2,7-12H2,1H3,(H2,18,21). The second-order valence-corrected chi connectivity index (χ2v) is 5.86. The molecule has 0 bridgehead atoms. The molecule has 0 atom stereocenters. The van der Waals surface area contributed by atoms with Gasteiger partial charge < -0.3 is 5.73 Å². The maximum atomic E-state index is 12.3. The Morgan fingerprint density at radius 2 is 1.81 bits per heavy atom. The molecule has 2 N–H and O–H groups in total. The van der Waals surface area contributed by atoms with Crippen LogP contribution in [0.5, 0.6) is 0 Å². The van der Waals surface area contributed by atoms with Gasteiger partial charge in [0.25, 0.3) is 0 Å². The molecule has 1 amide bonds. The molecule has 1 aliphatic heterocycles. The van der Waals surface area contributed by atoms with Crippen LogP contribution in [0.15, 0.2) is 24.3 Å². The van der Waals surface area contributed by atoms with Gasteiger partial charge in [0.05, 0.1) is 6.54 Å². The van der Waals surface area contributed by atoms with Gasteiger partial charge in [-0.25, -0.2) is 0 Å². The Morgan fingerprint density at radius 3 is 2.33 bits per heavy atom. The van der Waals surface area contributed by atoms with Gasteiger partial charge in [-0.3, -0.25) is 14.5 Å². The van der Waals surface area contributed by atoms with Crippen molar-refractivity contribution >= 4 is 11.7 Å². The molecule has 0 aliphatic carbocycles. The van der Waals surface area contributed by atoms with Crippen LogP contribution >= 0.6 is 0 Å². The Morgan fingerprint density at radius 1 is 1.19 bits per heavy atom. The van der Waals surface area contributed by atoms with Crippen molar-refractivity contribution in [2.24, 2.45) is 11.7 Å². The molecule has 4 heteroatoms. The molecule has 1 aliphatic rings. The van der Waals surface area contributed by atoms with Crippen molar-refractivity contribution in [1.82, 2.24) is 4.90 Å². The van der Waals surface area contributed by atoms with Crippen LogP contribution < -0.4 is 5.73 Å².